The predicted octanol–water partition coefficient (Wildman–Crippen LogP) is -1.78. The zero-order valence-electron chi connectivity index (χ0n) is 6.84. The summed E-state index contributed by atoms with van der Waals surface area (Å²) in [5, 5.41) is 17.0. The first-order chi connectivity index (χ1) is 5.37. The smallest absolute Gasteiger partial charge is 0.390 e. The molecule has 0 rings (SSSR count). The van der Waals surface area contributed by atoms with Gasteiger partial charge in [-0.2, -0.15) is 3.89 Å². The van der Waals surface area contributed by atoms with Crippen LogP contribution in [0.2, 0.25) is 0 Å². The molecule has 12 heavy (non-hydrogen) atoms. The summed E-state index contributed by atoms with van der Waals surface area (Å²) in [5.74, 6) is 0. The number of quaternary nitrogens is 1. The molecule has 74 valence electrons. The minimum absolute atomic E-state index is 0.139. The number of likely N-dealkylation sites (N-methyl/N-ethyl adjacent to an activating group) is 1. The Kier molecular flexibility index (Phi) is 4.08. The third-order valence-corrected chi connectivity index (χ3v) is 3.18. The van der Waals surface area contributed by atoms with E-state index in [1.807, 2.05) is 0 Å². The van der Waals surface area contributed by atoms with Crippen LogP contribution in [0.3, 0.4) is 0 Å². The van der Waals surface area contributed by atoms with E-state index in [1.54, 1.807) is 0 Å². The fourth-order valence-electron chi connectivity index (χ4n) is 0.766. The molecule has 0 heterocycles. The van der Waals surface area contributed by atoms with Crippen molar-refractivity contribution in [1.29, 1.82) is 0 Å². The minimum atomic E-state index is -4.27. The number of rotatable bonds is 5. The lowest BCUT2D eigenvalue weighted by Crippen LogP contribution is -2.52. The fraction of sp³-hybridized carbons (Fsp3) is 1.00. The molecule has 0 aliphatic carbocycles. The Labute approximate surface area is 71.5 Å². The summed E-state index contributed by atoms with van der Waals surface area (Å²) in [5.41, 5.74) is 0. The number of hydrogen-bond acceptors (Lipinski definition) is 4. The van der Waals surface area contributed by atoms with Crippen molar-refractivity contribution in [1.82, 2.24) is 0 Å². The van der Waals surface area contributed by atoms with Crippen LogP contribution in [-0.4, -0.2) is 60.4 Å². The highest BCUT2D eigenvalue weighted by atomic mass is 32.2. The van der Waals surface area contributed by atoms with Crippen molar-refractivity contribution in [3.05, 3.63) is 0 Å². The third-order valence-electron chi connectivity index (χ3n) is 1.70. The number of hydrogen-bond donors (Lipinski definition) is 3. The summed E-state index contributed by atoms with van der Waals surface area (Å²) in [6, 6.07) is 0. The lowest BCUT2D eigenvalue weighted by atomic mass is 10.5. The molecule has 0 aromatic heterocycles. The zero-order chi connectivity index (χ0) is 9.83. The Balaban J connectivity index is 4.62. The lowest BCUT2D eigenvalue weighted by molar-refractivity contribution is -0.790. The summed E-state index contributed by atoms with van der Waals surface area (Å²) < 4.78 is 29.4. The molecule has 0 aromatic carbocycles. The normalized spacial score (nSPS) is 13.3. The molecule has 0 atom stereocenters. The van der Waals surface area contributed by atoms with Crippen molar-refractivity contribution in [2.24, 2.45) is 0 Å². The molecule has 0 amide bonds. The summed E-state index contributed by atoms with van der Waals surface area (Å²) >= 11 is 0. The van der Waals surface area contributed by atoms with E-state index in [4.69, 9.17) is 14.8 Å². The third kappa shape index (κ3) is 2.68. The second-order valence-corrected chi connectivity index (χ2v) is 4.42. The van der Waals surface area contributed by atoms with Crippen LogP contribution < -0.4 is 0 Å². The minimum Gasteiger partial charge on any atom is -0.390 e. The highest BCUT2D eigenvalue weighted by molar-refractivity contribution is 7.80. The molecule has 0 saturated heterocycles. The molecule has 0 aromatic rings. The van der Waals surface area contributed by atoms with Crippen molar-refractivity contribution in [3.8, 4) is 0 Å². The van der Waals surface area contributed by atoms with Gasteiger partial charge in [-0.1, -0.05) is 0 Å². The van der Waals surface area contributed by atoms with E-state index in [1.165, 1.54) is 7.05 Å². The Morgan fingerprint density at radius 3 is 1.67 bits per heavy atom. The maximum Gasteiger partial charge on any atom is 0.432 e. The first kappa shape index (κ1) is 11.8. The van der Waals surface area contributed by atoms with Gasteiger partial charge in [-0.05, 0) is 0 Å². The van der Waals surface area contributed by atoms with Crippen LogP contribution in [-0.2, 0) is 10.3 Å². The Hall–Kier alpha value is -0.210. The van der Waals surface area contributed by atoms with E-state index in [9.17, 15) is 8.42 Å². The van der Waals surface area contributed by atoms with Gasteiger partial charge < -0.3 is 10.2 Å². The Morgan fingerprint density at radius 2 is 1.50 bits per heavy atom. The van der Waals surface area contributed by atoms with E-state index in [0.717, 1.165) is 0 Å². The topological polar surface area (TPSA) is 94.8 Å². The van der Waals surface area contributed by atoms with Crippen LogP contribution in [0.15, 0.2) is 0 Å². The summed E-state index contributed by atoms with van der Waals surface area (Å²) in [7, 11) is -3.05. The first-order valence-corrected chi connectivity index (χ1v) is 4.81. The van der Waals surface area contributed by atoms with E-state index in [2.05, 4.69) is 0 Å². The molecular formula is C5H14NO5S+. The molecule has 0 bridgehead atoms. The van der Waals surface area contributed by atoms with Crippen LogP contribution in [0.1, 0.15) is 0 Å². The van der Waals surface area contributed by atoms with Gasteiger partial charge >= 0.3 is 10.3 Å². The van der Waals surface area contributed by atoms with E-state index < -0.39 is 14.2 Å². The van der Waals surface area contributed by atoms with Crippen LogP contribution in [0, 0.1) is 0 Å². The Bertz CT molecular complexity index is 218. The predicted molar refractivity (Wildman–Crippen MR) is 41.6 cm³/mol. The van der Waals surface area contributed by atoms with E-state index in [-0.39, 0.29) is 26.3 Å². The first-order valence-electron chi connectivity index (χ1n) is 3.41. The number of aliphatic hydroxyl groups is 2. The molecule has 0 saturated carbocycles. The average molecular weight is 200 g/mol. The standard InChI is InChI=1S/C5H13NO5S/c1-6(2-4-7,3-5-8)12(9,10)11/h7-8H,2-5H2,1H3/p+1. The molecule has 0 aliphatic heterocycles. The monoisotopic (exact) mass is 200 g/mol. The van der Waals surface area contributed by atoms with Crippen LogP contribution in [0.5, 0.6) is 0 Å². The molecular weight excluding hydrogens is 186 g/mol. The molecule has 0 radical (unpaired) electrons. The molecule has 3 N–H and O–H groups in total. The van der Waals surface area contributed by atoms with E-state index in [0.29, 0.717) is 0 Å². The van der Waals surface area contributed by atoms with Gasteiger partial charge in [0.1, 0.15) is 13.1 Å². The maximum absolute atomic E-state index is 10.7. The number of nitrogens with zero attached hydrogens (tertiary/aromatic N) is 1. The molecule has 6 nitrogen and oxygen atoms in total. The molecule has 0 aliphatic rings. The second kappa shape index (κ2) is 4.15. The van der Waals surface area contributed by atoms with Gasteiger partial charge in [0.2, 0.25) is 0 Å². The molecule has 0 fully saturated rings. The second-order valence-electron chi connectivity index (χ2n) is 2.64. The van der Waals surface area contributed by atoms with Crippen molar-refractivity contribution in [2.75, 3.05) is 33.4 Å². The maximum atomic E-state index is 10.7. The quantitative estimate of drug-likeness (QED) is 0.360. The van der Waals surface area contributed by atoms with Crippen LogP contribution in [0.4, 0.5) is 0 Å². The lowest BCUT2D eigenvalue weighted by Gasteiger charge is -2.27. The van der Waals surface area contributed by atoms with Crippen molar-refractivity contribution >= 4 is 10.3 Å². The van der Waals surface area contributed by atoms with Crippen LogP contribution >= 0.6 is 0 Å². The molecule has 0 spiro atoms. The van der Waals surface area contributed by atoms with E-state index >= 15 is 0 Å². The van der Waals surface area contributed by atoms with Gasteiger partial charge in [-0.3, -0.25) is 0 Å². The SMILES string of the molecule is C[N+](CCO)(CCO)S(=O)(=O)O. The van der Waals surface area contributed by atoms with Gasteiger partial charge in [-0.25, -0.2) is 4.55 Å². The van der Waals surface area contributed by atoms with Gasteiger partial charge in [0.25, 0.3) is 0 Å². The summed E-state index contributed by atoms with van der Waals surface area (Å²) in [6.07, 6.45) is 0. The van der Waals surface area contributed by atoms with Gasteiger partial charge in [0, 0.05) is 0 Å². The number of aliphatic hydroxyl groups excluding tert-OH is 2. The highest BCUT2D eigenvalue weighted by Crippen LogP contribution is 2.07. The fourth-order valence-corrected chi connectivity index (χ4v) is 1.39. The molecule has 0 unspecified atom stereocenters. The van der Waals surface area contributed by atoms with Crippen molar-refractivity contribution in [3.63, 3.8) is 0 Å². The molecule has 7 heteroatoms. The summed E-state index contributed by atoms with van der Waals surface area (Å²) in [4.78, 5) is 0. The Morgan fingerprint density at radius 1 is 1.17 bits per heavy atom. The van der Waals surface area contributed by atoms with Gasteiger partial charge in [-0.15, -0.1) is 8.42 Å². The van der Waals surface area contributed by atoms with Gasteiger partial charge in [0.15, 0.2) is 0 Å². The van der Waals surface area contributed by atoms with Crippen LogP contribution in [0.25, 0.3) is 0 Å². The largest absolute Gasteiger partial charge is 0.432 e. The van der Waals surface area contributed by atoms with Crippen molar-refractivity contribution in [2.45, 2.75) is 0 Å². The zero-order valence-corrected chi connectivity index (χ0v) is 7.66. The average Bonchev–Trinajstić information content (AvgIpc) is 1.86. The van der Waals surface area contributed by atoms with Gasteiger partial charge in [0.05, 0.1) is 20.3 Å². The summed E-state index contributed by atoms with van der Waals surface area (Å²) in [6.45, 7) is -1.01. The highest BCUT2D eigenvalue weighted by Gasteiger charge is 2.34. The van der Waals surface area contributed by atoms with Crippen molar-refractivity contribution < 1.29 is 27.1 Å².